The number of nitriles is 1. The van der Waals surface area contributed by atoms with E-state index in [0.29, 0.717) is 11.7 Å². The Balaban J connectivity index is 1.87. The maximum absolute atomic E-state index is 8.63. The van der Waals surface area contributed by atoms with Crippen molar-refractivity contribution in [1.82, 2.24) is 14.9 Å². The lowest BCUT2D eigenvalue weighted by molar-refractivity contribution is 0.229. The summed E-state index contributed by atoms with van der Waals surface area (Å²) in [6, 6.07) is 2.44. The molecule has 1 aromatic heterocycles. The first-order chi connectivity index (χ1) is 8.31. The number of anilines is 1. The number of aromatic nitrogens is 2. The third-order valence-electron chi connectivity index (χ3n) is 3.15. The summed E-state index contributed by atoms with van der Waals surface area (Å²) in [5.74, 6) is 0.763. The van der Waals surface area contributed by atoms with Crippen molar-refractivity contribution in [3.05, 3.63) is 18.1 Å². The SMILES string of the molecule is CCN1CCC(Nc2cnc(C#N)cn2)CC1. The van der Waals surface area contributed by atoms with Gasteiger partial charge in [-0.05, 0) is 19.4 Å². The third kappa shape index (κ3) is 3.14. The fraction of sp³-hybridized carbons (Fsp3) is 0.583. The van der Waals surface area contributed by atoms with Gasteiger partial charge in [-0.15, -0.1) is 0 Å². The predicted molar refractivity (Wildman–Crippen MR) is 65.5 cm³/mol. The molecule has 5 heteroatoms. The molecule has 0 spiro atoms. The first-order valence-corrected chi connectivity index (χ1v) is 6.03. The van der Waals surface area contributed by atoms with Crippen molar-refractivity contribution >= 4 is 5.82 Å². The van der Waals surface area contributed by atoms with Crippen LogP contribution in [0.4, 0.5) is 5.82 Å². The van der Waals surface area contributed by atoms with Gasteiger partial charge in [0.15, 0.2) is 5.69 Å². The van der Waals surface area contributed by atoms with Crippen LogP contribution >= 0.6 is 0 Å². The zero-order chi connectivity index (χ0) is 12.1. The molecule has 0 saturated carbocycles. The second-order valence-electron chi connectivity index (χ2n) is 4.25. The van der Waals surface area contributed by atoms with Gasteiger partial charge in [0.1, 0.15) is 11.9 Å². The fourth-order valence-corrected chi connectivity index (χ4v) is 2.06. The number of hydrogen-bond donors (Lipinski definition) is 1. The average Bonchev–Trinajstić information content (AvgIpc) is 2.40. The molecule has 1 aromatic rings. The Morgan fingerprint density at radius 3 is 2.71 bits per heavy atom. The smallest absolute Gasteiger partial charge is 0.158 e. The largest absolute Gasteiger partial charge is 0.366 e. The quantitative estimate of drug-likeness (QED) is 0.848. The van der Waals surface area contributed by atoms with Gasteiger partial charge in [-0.1, -0.05) is 6.92 Å². The summed E-state index contributed by atoms with van der Waals surface area (Å²) in [6.07, 6.45) is 5.40. The molecule has 17 heavy (non-hydrogen) atoms. The van der Waals surface area contributed by atoms with Crippen molar-refractivity contribution in [2.75, 3.05) is 25.0 Å². The van der Waals surface area contributed by atoms with Gasteiger partial charge >= 0.3 is 0 Å². The summed E-state index contributed by atoms with van der Waals surface area (Å²) in [5, 5.41) is 12.0. The summed E-state index contributed by atoms with van der Waals surface area (Å²) in [4.78, 5) is 10.6. The van der Waals surface area contributed by atoms with Crippen molar-refractivity contribution in [2.45, 2.75) is 25.8 Å². The molecule has 1 saturated heterocycles. The number of nitrogens with one attached hydrogen (secondary N) is 1. The van der Waals surface area contributed by atoms with Gasteiger partial charge in [0, 0.05) is 19.1 Å². The molecule has 0 amide bonds. The molecule has 1 fully saturated rings. The Labute approximate surface area is 101 Å². The van der Waals surface area contributed by atoms with Crippen LogP contribution in [0.1, 0.15) is 25.5 Å². The molecule has 0 unspecified atom stereocenters. The van der Waals surface area contributed by atoms with Gasteiger partial charge in [-0.3, -0.25) is 0 Å². The molecule has 0 aromatic carbocycles. The van der Waals surface area contributed by atoms with Crippen LogP contribution < -0.4 is 5.32 Å². The van der Waals surface area contributed by atoms with Crippen molar-refractivity contribution in [3.8, 4) is 6.07 Å². The number of nitrogens with zero attached hydrogens (tertiary/aromatic N) is 4. The van der Waals surface area contributed by atoms with Gasteiger partial charge in [0.05, 0.1) is 12.4 Å². The van der Waals surface area contributed by atoms with E-state index < -0.39 is 0 Å². The summed E-state index contributed by atoms with van der Waals surface area (Å²) in [5.41, 5.74) is 0.358. The van der Waals surface area contributed by atoms with Crippen LogP contribution in [0.5, 0.6) is 0 Å². The van der Waals surface area contributed by atoms with Crippen molar-refractivity contribution in [3.63, 3.8) is 0 Å². The molecule has 90 valence electrons. The van der Waals surface area contributed by atoms with E-state index in [9.17, 15) is 0 Å². The molecular formula is C12H17N5. The van der Waals surface area contributed by atoms with Crippen LogP contribution in [0.25, 0.3) is 0 Å². The average molecular weight is 231 g/mol. The highest BCUT2D eigenvalue weighted by Crippen LogP contribution is 2.14. The monoisotopic (exact) mass is 231 g/mol. The number of piperidine rings is 1. The van der Waals surface area contributed by atoms with Crippen LogP contribution in [-0.2, 0) is 0 Å². The van der Waals surface area contributed by atoms with E-state index in [-0.39, 0.29) is 0 Å². The number of rotatable bonds is 3. The zero-order valence-electron chi connectivity index (χ0n) is 10.1. The lowest BCUT2D eigenvalue weighted by atomic mass is 10.1. The van der Waals surface area contributed by atoms with Gasteiger partial charge in [-0.2, -0.15) is 5.26 Å². The first kappa shape index (κ1) is 11.8. The summed E-state index contributed by atoms with van der Waals surface area (Å²) in [6.45, 7) is 5.60. The van der Waals surface area contributed by atoms with E-state index in [2.05, 4.69) is 27.1 Å². The van der Waals surface area contributed by atoms with Gasteiger partial charge in [-0.25, -0.2) is 9.97 Å². The molecule has 1 aliphatic rings. The van der Waals surface area contributed by atoms with E-state index in [0.717, 1.165) is 38.3 Å². The van der Waals surface area contributed by atoms with Crippen LogP contribution in [0.3, 0.4) is 0 Å². The second-order valence-corrected chi connectivity index (χ2v) is 4.25. The Bertz CT molecular complexity index is 386. The van der Waals surface area contributed by atoms with E-state index in [1.165, 1.54) is 6.20 Å². The first-order valence-electron chi connectivity index (χ1n) is 6.03. The maximum atomic E-state index is 8.63. The van der Waals surface area contributed by atoms with Crippen LogP contribution in [0.15, 0.2) is 12.4 Å². The van der Waals surface area contributed by atoms with Crippen LogP contribution in [-0.4, -0.2) is 40.5 Å². The fourth-order valence-electron chi connectivity index (χ4n) is 2.06. The van der Waals surface area contributed by atoms with E-state index >= 15 is 0 Å². The van der Waals surface area contributed by atoms with Gasteiger partial charge < -0.3 is 10.2 Å². The molecule has 1 aliphatic heterocycles. The normalized spacial score (nSPS) is 17.6. The molecular weight excluding hydrogens is 214 g/mol. The summed E-state index contributed by atoms with van der Waals surface area (Å²) < 4.78 is 0. The molecule has 5 nitrogen and oxygen atoms in total. The highest BCUT2D eigenvalue weighted by Gasteiger charge is 2.17. The van der Waals surface area contributed by atoms with Crippen molar-refractivity contribution < 1.29 is 0 Å². The Morgan fingerprint density at radius 1 is 1.41 bits per heavy atom. The Kier molecular flexibility index (Phi) is 3.89. The Morgan fingerprint density at radius 2 is 2.18 bits per heavy atom. The lowest BCUT2D eigenvalue weighted by Crippen LogP contribution is -2.39. The molecule has 2 heterocycles. The second kappa shape index (κ2) is 5.60. The maximum Gasteiger partial charge on any atom is 0.158 e. The minimum Gasteiger partial charge on any atom is -0.366 e. The van der Waals surface area contributed by atoms with Crippen LogP contribution in [0, 0.1) is 11.3 Å². The van der Waals surface area contributed by atoms with E-state index in [4.69, 9.17) is 5.26 Å². The number of likely N-dealkylation sites (tertiary alicyclic amines) is 1. The number of hydrogen-bond acceptors (Lipinski definition) is 5. The minimum atomic E-state index is 0.358. The predicted octanol–water partition coefficient (Wildman–Crippen LogP) is 1.24. The molecule has 1 N–H and O–H groups in total. The molecule has 0 aliphatic carbocycles. The molecule has 2 rings (SSSR count). The standard InChI is InChI=1S/C12H17N5/c1-2-17-5-3-10(4-6-17)16-12-9-14-11(7-13)8-15-12/h8-10H,2-6H2,1H3,(H,15,16). The summed E-state index contributed by atoms with van der Waals surface area (Å²) in [7, 11) is 0. The third-order valence-corrected chi connectivity index (χ3v) is 3.15. The lowest BCUT2D eigenvalue weighted by Gasteiger charge is -2.31. The molecule has 0 atom stereocenters. The zero-order valence-corrected chi connectivity index (χ0v) is 10.1. The molecule has 0 bridgehead atoms. The summed E-state index contributed by atoms with van der Waals surface area (Å²) >= 11 is 0. The van der Waals surface area contributed by atoms with Gasteiger partial charge in [0.25, 0.3) is 0 Å². The highest BCUT2D eigenvalue weighted by molar-refractivity contribution is 5.34. The van der Waals surface area contributed by atoms with Crippen molar-refractivity contribution in [2.24, 2.45) is 0 Å². The van der Waals surface area contributed by atoms with Crippen molar-refractivity contribution in [1.29, 1.82) is 5.26 Å². The van der Waals surface area contributed by atoms with E-state index in [1.54, 1.807) is 6.20 Å². The van der Waals surface area contributed by atoms with Crippen LogP contribution in [0.2, 0.25) is 0 Å². The minimum absolute atomic E-state index is 0.358. The van der Waals surface area contributed by atoms with E-state index in [1.807, 2.05) is 6.07 Å². The molecule has 0 radical (unpaired) electrons. The van der Waals surface area contributed by atoms with Gasteiger partial charge in [0.2, 0.25) is 0 Å². The highest BCUT2D eigenvalue weighted by atomic mass is 15.1. The Hall–Kier alpha value is -1.67. The topological polar surface area (TPSA) is 64.8 Å².